The van der Waals surface area contributed by atoms with Crippen LogP contribution in [0, 0.1) is 11.8 Å². The molecule has 15 heavy (non-hydrogen) atoms. The monoisotopic (exact) mass is 213 g/mol. The topological polar surface area (TPSA) is 23.5 Å². The van der Waals surface area contributed by atoms with E-state index in [-0.39, 0.29) is 6.10 Å². The summed E-state index contributed by atoms with van der Waals surface area (Å²) < 4.78 is 0. The van der Waals surface area contributed by atoms with Crippen LogP contribution in [0.4, 0.5) is 0 Å². The lowest BCUT2D eigenvalue weighted by atomic mass is 10.0. The second kappa shape index (κ2) is 5.86. The second-order valence-corrected chi connectivity index (χ2v) is 5.24. The van der Waals surface area contributed by atoms with Gasteiger partial charge in [0.15, 0.2) is 0 Å². The SMILES string of the molecule is CCCC(O)C(CC)N(C)CC1CC1C. The number of aliphatic hydroxyl groups excluding tert-OH is 1. The highest BCUT2D eigenvalue weighted by Crippen LogP contribution is 2.38. The minimum Gasteiger partial charge on any atom is -0.391 e. The van der Waals surface area contributed by atoms with Crippen molar-refractivity contribution in [2.45, 2.75) is 58.6 Å². The van der Waals surface area contributed by atoms with Crippen LogP contribution >= 0.6 is 0 Å². The zero-order chi connectivity index (χ0) is 11.4. The molecule has 1 rings (SSSR count). The normalized spacial score (nSPS) is 29.2. The van der Waals surface area contributed by atoms with Gasteiger partial charge in [0, 0.05) is 12.6 Å². The number of rotatable bonds is 7. The molecule has 0 amide bonds. The molecule has 90 valence electrons. The summed E-state index contributed by atoms with van der Waals surface area (Å²) in [6.07, 6.45) is 4.30. The van der Waals surface area contributed by atoms with Crippen molar-refractivity contribution in [2.75, 3.05) is 13.6 Å². The second-order valence-electron chi connectivity index (χ2n) is 5.24. The van der Waals surface area contributed by atoms with E-state index in [1.54, 1.807) is 0 Å². The van der Waals surface area contributed by atoms with Gasteiger partial charge in [-0.1, -0.05) is 27.2 Å². The van der Waals surface area contributed by atoms with Crippen LogP contribution in [0.1, 0.15) is 46.5 Å². The fourth-order valence-electron chi connectivity index (χ4n) is 2.52. The van der Waals surface area contributed by atoms with Gasteiger partial charge in [-0.3, -0.25) is 0 Å². The molecule has 0 aromatic heterocycles. The zero-order valence-electron chi connectivity index (χ0n) is 10.7. The molecule has 0 saturated heterocycles. The Balaban J connectivity index is 2.35. The lowest BCUT2D eigenvalue weighted by Crippen LogP contribution is -2.41. The van der Waals surface area contributed by atoms with Crippen LogP contribution < -0.4 is 0 Å². The third-order valence-electron chi connectivity index (χ3n) is 3.81. The first-order chi connectivity index (χ1) is 7.10. The van der Waals surface area contributed by atoms with Crippen molar-refractivity contribution in [3.8, 4) is 0 Å². The first-order valence-electron chi connectivity index (χ1n) is 6.48. The molecule has 2 heteroatoms. The molecular weight excluding hydrogens is 186 g/mol. The molecule has 1 saturated carbocycles. The number of likely N-dealkylation sites (N-methyl/N-ethyl adjacent to an activating group) is 1. The first-order valence-corrected chi connectivity index (χ1v) is 6.48. The summed E-state index contributed by atoms with van der Waals surface area (Å²) in [6.45, 7) is 7.80. The molecule has 0 spiro atoms. The highest BCUT2D eigenvalue weighted by molar-refractivity contribution is 4.87. The Kier molecular flexibility index (Phi) is 5.07. The Morgan fingerprint density at radius 2 is 2.00 bits per heavy atom. The summed E-state index contributed by atoms with van der Waals surface area (Å²) in [5.74, 6) is 1.80. The molecule has 0 aromatic rings. The van der Waals surface area contributed by atoms with E-state index in [2.05, 4.69) is 32.7 Å². The summed E-state index contributed by atoms with van der Waals surface area (Å²) in [7, 11) is 2.16. The summed E-state index contributed by atoms with van der Waals surface area (Å²) in [5.41, 5.74) is 0. The van der Waals surface area contributed by atoms with Gasteiger partial charge in [0.05, 0.1) is 6.10 Å². The summed E-state index contributed by atoms with van der Waals surface area (Å²) in [5, 5.41) is 10.0. The van der Waals surface area contributed by atoms with Crippen LogP contribution in [-0.2, 0) is 0 Å². The van der Waals surface area contributed by atoms with Crippen molar-refractivity contribution < 1.29 is 5.11 Å². The molecule has 0 heterocycles. The lowest BCUT2D eigenvalue weighted by Gasteiger charge is -2.31. The number of aliphatic hydroxyl groups is 1. The number of nitrogens with zero attached hydrogens (tertiary/aromatic N) is 1. The van der Waals surface area contributed by atoms with Crippen LogP contribution in [0.5, 0.6) is 0 Å². The maximum atomic E-state index is 10.0. The van der Waals surface area contributed by atoms with E-state index >= 15 is 0 Å². The maximum absolute atomic E-state index is 10.0. The molecule has 1 aliphatic rings. The van der Waals surface area contributed by atoms with Gasteiger partial charge in [-0.15, -0.1) is 0 Å². The predicted octanol–water partition coefficient (Wildman–Crippen LogP) is 2.51. The Hall–Kier alpha value is -0.0800. The standard InChI is InChI=1S/C13H27NO/c1-5-7-13(15)12(6-2)14(4)9-11-8-10(11)3/h10-13,15H,5-9H2,1-4H3. The van der Waals surface area contributed by atoms with E-state index in [0.29, 0.717) is 6.04 Å². The van der Waals surface area contributed by atoms with E-state index in [0.717, 1.165) is 31.1 Å². The zero-order valence-corrected chi connectivity index (χ0v) is 10.7. The number of hydrogen-bond donors (Lipinski definition) is 1. The van der Waals surface area contributed by atoms with Gasteiger partial charge in [0.1, 0.15) is 0 Å². The van der Waals surface area contributed by atoms with Crippen LogP contribution in [0.2, 0.25) is 0 Å². The minimum atomic E-state index is -0.140. The first kappa shape index (κ1) is 13.0. The van der Waals surface area contributed by atoms with Gasteiger partial charge in [-0.2, -0.15) is 0 Å². The molecular formula is C13H27NO. The third-order valence-corrected chi connectivity index (χ3v) is 3.81. The highest BCUT2D eigenvalue weighted by atomic mass is 16.3. The van der Waals surface area contributed by atoms with Gasteiger partial charge in [0.2, 0.25) is 0 Å². The van der Waals surface area contributed by atoms with Gasteiger partial charge in [0.25, 0.3) is 0 Å². The highest BCUT2D eigenvalue weighted by Gasteiger charge is 2.35. The van der Waals surface area contributed by atoms with E-state index in [1.807, 2.05) is 0 Å². The minimum absolute atomic E-state index is 0.140. The lowest BCUT2D eigenvalue weighted by molar-refractivity contribution is 0.0515. The van der Waals surface area contributed by atoms with Crippen LogP contribution in [0.3, 0.4) is 0 Å². The molecule has 1 N–H and O–H groups in total. The molecule has 0 bridgehead atoms. The van der Waals surface area contributed by atoms with E-state index in [1.165, 1.54) is 13.0 Å². The molecule has 0 radical (unpaired) electrons. The number of hydrogen-bond acceptors (Lipinski definition) is 2. The fourth-order valence-corrected chi connectivity index (χ4v) is 2.52. The van der Waals surface area contributed by atoms with Gasteiger partial charge >= 0.3 is 0 Å². The fraction of sp³-hybridized carbons (Fsp3) is 1.00. The molecule has 0 aliphatic heterocycles. The maximum Gasteiger partial charge on any atom is 0.0695 e. The van der Waals surface area contributed by atoms with Crippen molar-refractivity contribution in [3.05, 3.63) is 0 Å². The van der Waals surface area contributed by atoms with Gasteiger partial charge in [-0.25, -0.2) is 0 Å². The predicted molar refractivity (Wildman–Crippen MR) is 64.9 cm³/mol. The van der Waals surface area contributed by atoms with Gasteiger partial charge < -0.3 is 10.0 Å². The van der Waals surface area contributed by atoms with E-state index in [9.17, 15) is 5.11 Å². The average Bonchev–Trinajstić information content (AvgIpc) is 2.83. The van der Waals surface area contributed by atoms with Crippen LogP contribution in [-0.4, -0.2) is 35.7 Å². The van der Waals surface area contributed by atoms with Crippen molar-refractivity contribution in [3.63, 3.8) is 0 Å². The summed E-state index contributed by atoms with van der Waals surface area (Å²) >= 11 is 0. The summed E-state index contributed by atoms with van der Waals surface area (Å²) in [4.78, 5) is 2.37. The van der Waals surface area contributed by atoms with Crippen LogP contribution in [0.25, 0.3) is 0 Å². The third kappa shape index (κ3) is 3.76. The van der Waals surface area contributed by atoms with Crippen LogP contribution in [0.15, 0.2) is 0 Å². The van der Waals surface area contributed by atoms with E-state index < -0.39 is 0 Å². The van der Waals surface area contributed by atoms with Crippen molar-refractivity contribution in [2.24, 2.45) is 11.8 Å². The molecule has 4 unspecified atom stereocenters. The Morgan fingerprint density at radius 1 is 1.40 bits per heavy atom. The summed E-state index contributed by atoms with van der Waals surface area (Å²) in [6, 6.07) is 0.359. The Labute approximate surface area is 94.7 Å². The molecule has 1 fully saturated rings. The van der Waals surface area contributed by atoms with Gasteiger partial charge in [-0.05, 0) is 38.1 Å². The molecule has 0 aromatic carbocycles. The largest absolute Gasteiger partial charge is 0.391 e. The Bertz CT molecular complexity index is 183. The van der Waals surface area contributed by atoms with Crippen molar-refractivity contribution in [1.82, 2.24) is 4.90 Å². The van der Waals surface area contributed by atoms with Crippen molar-refractivity contribution >= 4 is 0 Å². The average molecular weight is 213 g/mol. The molecule has 4 atom stereocenters. The van der Waals surface area contributed by atoms with E-state index in [4.69, 9.17) is 0 Å². The Morgan fingerprint density at radius 3 is 2.40 bits per heavy atom. The smallest absolute Gasteiger partial charge is 0.0695 e. The molecule has 2 nitrogen and oxygen atoms in total. The molecule has 1 aliphatic carbocycles. The quantitative estimate of drug-likeness (QED) is 0.702. The van der Waals surface area contributed by atoms with Crippen molar-refractivity contribution in [1.29, 1.82) is 0 Å².